The van der Waals surface area contributed by atoms with Crippen LogP contribution in [0.25, 0.3) is 0 Å². The van der Waals surface area contributed by atoms with Crippen LogP contribution in [-0.4, -0.2) is 37.5 Å². The van der Waals surface area contributed by atoms with E-state index < -0.39 is 23.9 Å². The first-order chi connectivity index (χ1) is 14.3. The second-order valence-electron chi connectivity index (χ2n) is 6.93. The van der Waals surface area contributed by atoms with Crippen LogP contribution in [0.3, 0.4) is 0 Å². The van der Waals surface area contributed by atoms with Crippen LogP contribution in [0.15, 0.2) is 48.5 Å². The third kappa shape index (κ3) is 6.34. The van der Waals surface area contributed by atoms with E-state index in [-0.39, 0.29) is 12.5 Å². The van der Waals surface area contributed by atoms with Gasteiger partial charge in [0.25, 0.3) is 11.8 Å². The molecule has 2 amide bonds. The first-order valence-electron chi connectivity index (χ1n) is 9.87. The number of anilines is 1. The first kappa shape index (κ1) is 22.9. The summed E-state index contributed by atoms with van der Waals surface area (Å²) in [6.07, 6.45) is -0.0686. The van der Waals surface area contributed by atoms with E-state index in [1.54, 1.807) is 24.3 Å². The minimum Gasteiger partial charge on any atom is -0.497 e. The Hall–Kier alpha value is -3.35. The van der Waals surface area contributed by atoms with Crippen molar-refractivity contribution in [1.29, 1.82) is 0 Å². The van der Waals surface area contributed by atoms with Gasteiger partial charge in [0.2, 0.25) is 0 Å². The lowest BCUT2D eigenvalue weighted by molar-refractivity contribution is -0.152. The number of hydrogen-bond acceptors (Lipinski definition) is 5. The number of nitrogens with one attached hydrogen (secondary N) is 2. The van der Waals surface area contributed by atoms with Crippen molar-refractivity contribution in [2.45, 2.75) is 39.2 Å². The summed E-state index contributed by atoms with van der Waals surface area (Å²) in [6, 6.07) is 14.1. The summed E-state index contributed by atoms with van der Waals surface area (Å²) < 4.78 is 10.2. The maximum atomic E-state index is 12.5. The van der Waals surface area contributed by atoms with E-state index in [1.165, 1.54) is 14.0 Å². The van der Waals surface area contributed by atoms with Gasteiger partial charge in [-0.25, -0.2) is 0 Å². The molecule has 2 aromatic rings. The third-order valence-corrected chi connectivity index (χ3v) is 4.76. The second kappa shape index (κ2) is 11.0. The fourth-order valence-electron chi connectivity index (χ4n) is 2.81. The molecular weight excluding hydrogens is 384 g/mol. The molecule has 160 valence electrons. The third-order valence-electron chi connectivity index (χ3n) is 4.76. The molecule has 0 aromatic heterocycles. The van der Waals surface area contributed by atoms with Gasteiger partial charge >= 0.3 is 5.97 Å². The van der Waals surface area contributed by atoms with Crippen LogP contribution in [0.5, 0.6) is 5.75 Å². The highest BCUT2D eigenvalue weighted by Gasteiger charge is 2.20. The fourth-order valence-corrected chi connectivity index (χ4v) is 2.81. The highest BCUT2D eigenvalue weighted by atomic mass is 16.5. The summed E-state index contributed by atoms with van der Waals surface area (Å²) in [5.74, 6) is -0.757. The molecule has 0 bridgehead atoms. The van der Waals surface area contributed by atoms with E-state index in [1.807, 2.05) is 24.3 Å². The lowest BCUT2D eigenvalue weighted by Gasteiger charge is -2.18. The molecule has 30 heavy (non-hydrogen) atoms. The smallest absolute Gasteiger partial charge is 0.326 e. The van der Waals surface area contributed by atoms with Gasteiger partial charge < -0.3 is 20.1 Å². The van der Waals surface area contributed by atoms with Gasteiger partial charge in [-0.05, 0) is 49.1 Å². The molecule has 7 nitrogen and oxygen atoms in total. The Labute approximate surface area is 176 Å². The Kier molecular flexibility index (Phi) is 8.41. The Morgan fingerprint density at radius 3 is 2.47 bits per heavy atom. The molecule has 0 spiro atoms. The summed E-state index contributed by atoms with van der Waals surface area (Å²) >= 11 is 0. The Morgan fingerprint density at radius 1 is 1.03 bits per heavy atom. The fraction of sp³-hybridized carbons (Fsp3) is 0.348. The lowest BCUT2D eigenvalue weighted by Crippen LogP contribution is -2.36. The number of carbonyl (C=O) groups excluding carboxylic acids is 3. The number of methoxy groups -OCH3 is 1. The van der Waals surface area contributed by atoms with Gasteiger partial charge in [0.15, 0.2) is 6.10 Å². The van der Waals surface area contributed by atoms with Crippen LogP contribution in [0.1, 0.15) is 49.0 Å². The molecule has 2 N–H and O–H groups in total. The minimum atomic E-state index is -1.00. The predicted molar refractivity (Wildman–Crippen MR) is 115 cm³/mol. The van der Waals surface area contributed by atoms with Crippen LogP contribution in [0, 0.1) is 0 Å². The summed E-state index contributed by atoms with van der Waals surface area (Å²) in [4.78, 5) is 36.7. The zero-order chi connectivity index (χ0) is 22.1. The van der Waals surface area contributed by atoms with Crippen molar-refractivity contribution in [1.82, 2.24) is 5.32 Å². The van der Waals surface area contributed by atoms with Crippen LogP contribution >= 0.6 is 0 Å². The van der Waals surface area contributed by atoms with E-state index in [9.17, 15) is 14.4 Å². The Morgan fingerprint density at radius 2 is 1.77 bits per heavy atom. The number of hydrogen-bond donors (Lipinski definition) is 2. The molecule has 0 heterocycles. The number of benzene rings is 2. The number of carbonyl (C=O) groups is 3. The number of rotatable bonds is 9. The van der Waals surface area contributed by atoms with E-state index in [2.05, 4.69) is 24.5 Å². The van der Waals surface area contributed by atoms with Gasteiger partial charge in [0.1, 0.15) is 12.3 Å². The van der Waals surface area contributed by atoms with Crippen LogP contribution in [0.2, 0.25) is 0 Å². The summed E-state index contributed by atoms with van der Waals surface area (Å²) in [7, 11) is 1.50. The van der Waals surface area contributed by atoms with Crippen molar-refractivity contribution in [2.24, 2.45) is 0 Å². The molecule has 2 rings (SSSR count). The summed E-state index contributed by atoms with van der Waals surface area (Å²) in [5.41, 5.74) is 2.08. The largest absolute Gasteiger partial charge is 0.497 e. The number of amides is 2. The number of para-hydroxylation sites is 1. The molecule has 0 aliphatic rings. The van der Waals surface area contributed by atoms with Crippen molar-refractivity contribution in [2.75, 3.05) is 19.0 Å². The number of esters is 1. The molecule has 0 saturated heterocycles. The van der Waals surface area contributed by atoms with Crippen LogP contribution in [0.4, 0.5) is 5.69 Å². The molecule has 2 aromatic carbocycles. The van der Waals surface area contributed by atoms with Gasteiger partial charge in [-0.2, -0.15) is 0 Å². The van der Waals surface area contributed by atoms with Gasteiger partial charge in [-0.15, -0.1) is 0 Å². The summed E-state index contributed by atoms with van der Waals surface area (Å²) in [6.45, 7) is 5.30. The van der Waals surface area contributed by atoms with Crippen LogP contribution in [-0.2, 0) is 14.3 Å². The molecule has 2 atom stereocenters. The highest BCUT2D eigenvalue weighted by Crippen LogP contribution is 2.26. The quantitative estimate of drug-likeness (QED) is 0.615. The van der Waals surface area contributed by atoms with Crippen LogP contribution < -0.4 is 15.4 Å². The van der Waals surface area contributed by atoms with Crippen molar-refractivity contribution >= 4 is 23.5 Å². The van der Waals surface area contributed by atoms with E-state index in [0.717, 1.165) is 12.0 Å². The molecule has 0 aliphatic heterocycles. The molecule has 0 radical (unpaired) electrons. The van der Waals surface area contributed by atoms with E-state index in [4.69, 9.17) is 9.47 Å². The second-order valence-corrected chi connectivity index (χ2v) is 6.93. The average molecular weight is 412 g/mol. The van der Waals surface area contributed by atoms with Gasteiger partial charge in [-0.1, -0.05) is 38.1 Å². The Bertz CT molecular complexity index is 897. The molecule has 0 fully saturated rings. The van der Waals surface area contributed by atoms with Gasteiger partial charge in [-0.3, -0.25) is 14.4 Å². The van der Waals surface area contributed by atoms with Crippen molar-refractivity contribution < 1.29 is 23.9 Å². The highest BCUT2D eigenvalue weighted by molar-refractivity contribution is 5.97. The standard InChI is InChI=1S/C23H28N2O5/c1-5-15(2)19-11-6-7-12-20(19)25-22(27)16(3)30-21(26)14-24-23(28)17-9-8-10-18(13-17)29-4/h6-13,15-16H,5,14H2,1-4H3,(H,24,28)(H,25,27)/t15-,16+/m1/s1. The first-order valence-corrected chi connectivity index (χ1v) is 9.87. The van der Waals surface area contributed by atoms with E-state index in [0.29, 0.717) is 17.0 Å². The normalized spacial score (nSPS) is 12.4. The van der Waals surface area contributed by atoms with Gasteiger partial charge in [0.05, 0.1) is 7.11 Å². The molecule has 0 saturated carbocycles. The predicted octanol–water partition coefficient (Wildman–Crippen LogP) is 3.51. The number of ether oxygens (including phenoxy) is 2. The van der Waals surface area contributed by atoms with Crippen molar-refractivity contribution in [3.63, 3.8) is 0 Å². The molecular formula is C23H28N2O5. The average Bonchev–Trinajstić information content (AvgIpc) is 2.77. The maximum Gasteiger partial charge on any atom is 0.326 e. The topological polar surface area (TPSA) is 93.7 Å². The lowest BCUT2D eigenvalue weighted by atomic mass is 9.97. The SMILES string of the molecule is CC[C@@H](C)c1ccccc1NC(=O)[C@H](C)OC(=O)CNC(=O)c1cccc(OC)c1. The van der Waals surface area contributed by atoms with Crippen molar-refractivity contribution in [3.05, 3.63) is 59.7 Å². The minimum absolute atomic E-state index is 0.283. The van der Waals surface area contributed by atoms with E-state index >= 15 is 0 Å². The maximum absolute atomic E-state index is 12.5. The molecule has 0 aliphatic carbocycles. The summed E-state index contributed by atoms with van der Waals surface area (Å²) in [5, 5.41) is 5.29. The van der Waals surface area contributed by atoms with Gasteiger partial charge in [0, 0.05) is 11.3 Å². The zero-order valence-corrected chi connectivity index (χ0v) is 17.7. The molecule has 0 unspecified atom stereocenters. The van der Waals surface area contributed by atoms with Crippen molar-refractivity contribution in [3.8, 4) is 5.75 Å². The monoisotopic (exact) mass is 412 g/mol. The molecule has 7 heteroatoms. The zero-order valence-electron chi connectivity index (χ0n) is 17.7. The Balaban J connectivity index is 1.88.